The topological polar surface area (TPSA) is 66.0 Å². The van der Waals surface area contributed by atoms with E-state index in [2.05, 4.69) is 9.97 Å². The van der Waals surface area contributed by atoms with Gasteiger partial charge in [0.25, 0.3) is 0 Å². The van der Waals surface area contributed by atoms with Crippen LogP contribution in [0.5, 0.6) is 0 Å². The van der Waals surface area contributed by atoms with Gasteiger partial charge in [0.1, 0.15) is 5.52 Å². The molecule has 0 aliphatic heterocycles. The fourth-order valence-corrected chi connectivity index (χ4v) is 1.67. The van der Waals surface area contributed by atoms with Crippen molar-refractivity contribution in [1.82, 2.24) is 14.5 Å². The largest absolute Gasteiger partial charge is 0.380 e. The molecule has 2 heterocycles. The zero-order valence-electron chi connectivity index (χ0n) is 9.14. The minimum absolute atomic E-state index is 0.0529. The molecule has 0 spiro atoms. The molecule has 1 unspecified atom stereocenters. The maximum atomic E-state index is 5.84. The lowest BCUT2D eigenvalue weighted by Gasteiger charge is -2.11. The third-order valence-electron chi connectivity index (χ3n) is 2.42. The van der Waals surface area contributed by atoms with Gasteiger partial charge in [0, 0.05) is 13.3 Å². The number of ether oxygens (including phenoxy) is 1. The molecule has 0 aliphatic carbocycles. The molecule has 0 saturated carbocycles. The Balaban J connectivity index is 2.47. The molecule has 0 aliphatic rings. The van der Waals surface area contributed by atoms with Gasteiger partial charge in [-0.05, 0) is 13.0 Å². The lowest BCUT2D eigenvalue weighted by atomic mass is 10.4. The van der Waals surface area contributed by atoms with Crippen LogP contribution in [0.15, 0.2) is 12.3 Å². The number of nitrogen functional groups attached to an aromatic ring is 1. The number of anilines is 1. The van der Waals surface area contributed by atoms with Crippen molar-refractivity contribution < 1.29 is 4.74 Å². The van der Waals surface area contributed by atoms with Crippen LogP contribution in [-0.4, -0.2) is 27.7 Å². The number of nitrogens with zero attached hydrogens (tertiary/aromatic N) is 3. The summed E-state index contributed by atoms with van der Waals surface area (Å²) in [7, 11) is 1.66. The Hall–Kier alpha value is -1.33. The van der Waals surface area contributed by atoms with Crippen LogP contribution in [0, 0.1) is 0 Å². The lowest BCUT2D eigenvalue weighted by molar-refractivity contribution is 0.104. The van der Waals surface area contributed by atoms with Gasteiger partial charge in [0.05, 0.1) is 17.7 Å². The number of hydrogen-bond donors (Lipinski definition) is 1. The van der Waals surface area contributed by atoms with Gasteiger partial charge in [-0.25, -0.2) is 9.97 Å². The third-order valence-corrected chi connectivity index (χ3v) is 2.63. The van der Waals surface area contributed by atoms with Gasteiger partial charge >= 0.3 is 0 Å². The van der Waals surface area contributed by atoms with Gasteiger partial charge in [0.2, 0.25) is 5.95 Å². The molecule has 0 radical (unpaired) electrons. The van der Waals surface area contributed by atoms with Gasteiger partial charge in [-0.1, -0.05) is 11.6 Å². The van der Waals surface area contributed by atoms with E-state index in [4.69, 9.17) is 22.1 Å². The second-order valence-electron chi connectivity index (χ2n) is 3.62. The van der Waals surface area contributed by atoms with Gasteiger partial charge in [-0.3, -0.25) is 4.57 Å². The molecule has 2 aromatic heterocycles. The Labute approximate surface area is 98.2 Å². The summed E-state index contributed by atoms with van der Waals surface area (Å²) >= 11 is 5.84. The molecule has 16 heavy (non-hydrogen) atoms. The number of fused-ring (bicyclic) bond motifs is 1. The van der Waals surface area contributed by atoms with Gasteiger partial charge in [-0.15, -0.1) is 0 Å². The fraction of sp³-hybridized carbons (Fsp3) is 0.400. The summed E-state index contributed by atoms with van der Waals surface area (Å²) in [6.07, 6.45) is 1.64. The van der Waals surface area contributed by atoms with Gasteiger partial charge < -0.3 is 10.5 Å². The van der Waals surface area contributed by atoms with E-state index in [1.165, 1.54) is 0 Å². The second-order valence-corrected chi connectivity index (χ2v) is 4.06. The molecule has 5 nitrogen and oxygen atoms in total. The number of imidazole rings is 1. The standard InChI is InChI=1S/C10H13ClN4O/c1-6(16-2)5-15-9-8(14-10(15)12)3-7(11)4-13-9/h3-4,6H,5H2,1-2H3,(H2,12,14). The SMILES string of the molecule is COC(C)Cn1c(N)nc2cc(Cl)cnc21. The number of halogens is 1. The first-order valence-electron chi connectivity index (χ1n) is 4.92. The normalized spacial score (nSPS) is 13.2. The molecule has 86 valence electrons. The van der Waals surface area contributed by atoms with Crippen molar-refractivity contribution in [3.63, 3.8) is 0 Å². The zero-order valence-corrected chi connectivity index (χ0v) is 9.90. The maximum absolute atomic E-state index is 5.84. The summed E-state index contributed by atoms with van der Waals surface area (Å²) in [5.74, 6) is 0.425. The first kappa shape index (κ1) is 11.2. The Morgan fingerprint density at radius 2 is 2.38 bits per heavy atom. The average molecular weight is 241 g/mol. The number of rotatable bonds is 3. The van der Waals surface area contributed by atoms with Crippen molar-refractivity contribution in [2.45, 2.75) is 19.6 Å². The second kappa shape index (κ2) is 4.27. The predicted molar refractivity (Wildman–Crippen MR) is 63.4 cm³/mol. The average Bonchev–Trinajstić information content (AvgIpc) is 2.54. The van der Waals surface area contributed by atoms with Gasteiger partial charge in [-0.2, -0.15) is 0 Å². The van der Waals surface area contributed by atoms with Crippen molar-refractivity contribution in [3.8, 4) is 0 Å². The molecule has 0 aromatic carbocycles. The Morgan fingerprint density at radius 3 is 3.06 bits per heavy atom. The van der Waals surface area contributed by atoms with Crippen LogP contribution < -0.4 is 5.73 Å². The number of aromatic nitrogens is 3. The van der Waals surface area contributed by atoms with Gasteiger partial charge in [0.15, 0.2) is 5.65 Å². The summed E-state index contributed by atoms with van der Waals surface area (Å²) in [4.78, 5) is 8.42. The van der Waals surface area contributed by atoms with Crippen molar-refractivity contribution in [2.24, 2.45) is 0 Å². The third kappa shape index (κ3) is 1.96. The Morgan fingerprint density at radius 1 is 1.62 bits per heavy atom. The van der Waals surface area contributed by atoms with Crippen molar-refractivity contribution in [3.05, 3.63) is 17.3 Å². The van der Waals surface area contributed by atoms with E-state index in [-0.39, 0.29) is 6.10 Å². The summed E-state index contributed by atoms with van der Waals surface area (Å²) in [6.45, 7) is 2.58. The van der Waals surface area contributed by atoms with Crippen LogP contribution in [0.1, 0.15) is 6.92 Å². The van der Waals surface area contributed by atoms with E-state index < -0.39 is 0 Å². The molecule has 0 fully saturated rings. The highest BCUT2D eigenvalue weighted by molar-refractivity contribution is 6.31. The Bertz CT molecular complexity index is 511. The summed E-state index contributed by atoms with van der Waals surface area (Å²) < 4.78 is 7.01. The molecule has 2 aromatic rings. The van der Waals surface area contributed by atoms with Crippen molar-refractivity contribution >= 4 is 28.7 Å². The Kier molecular flexibility index (Phi) is 2.98. The van der Waals surface area contributed by atoms with Crippen LogP contribution in [0.2, 0.25) is 5.02 Å². The fourth-order valence-electron chi connectivity index (χ4n) is 1.52. The van der Waals surface area contributed by atoms with Crippen LogP contribution in [0.3, 0.4) is 0 Å². The van der Waals surface area contributed by atoms with Crippen molar-refractivity contribution in [2.75, 3.05) is 12.8 Å². The lowest BCUT2D eigenvalue weighted by Crippen LogP contribution is -2.16. The quantitative estimate of drug-likeness (QED) is 0.887. The number of nitrogens with two attached hydrogens (primary N) is 1. The van der Waals surface area contributed by atoms with Crippen LogP contribution in [0.4, 0.5) is 5.95 Å². The van der Waals surface area contributed by atoms with E-state index in [1.807, 2.05) is 11.5 Å². The van der Waals surface area contributed by atoms with E-state index in [9.17, 15) is 0 Å². The number of hydrogen-bond acceptors (Lipinski definition) is 4. The first-order valence-corrected chi connectivity index (χ1v) is 5.29. The molecule has 0 amide bonds. The molecule has 0 saturated heterocycles. The van der Waals surface area contributed by atoms with Crippen LogP contribution >= 0.6 is 11.6 Å². The molecule has 2 N–H and O–H groups in total. The zero-order chi connectivity index (χ0) is 11.7. The maximum Gasteiger partial charge on any atom is 0.202 e. The molecule has 2 rings (SSSR count). The number of pyridine rings is 1. The highest BCUT2D eigenvalue weighted by atomic mass is 35.5. The van der Waals surface area contributed by atoms with Crippen molar-refractivity contribution in [1.29, 1.82) is 0 Å². The van der Waals surface area contributed by atoms with Crippen LogP contribution in [-0.2, 0) is 11.3 Å². The smallest absolute Gasteiger partial charge is 0.202 e. The number of methoxy groups -OCH3 is 1. The molecule has 0 bridgehead atoms. The van der Waals surface area contributed by atoms with E-state index in [0.29, 0.717) is 23.0 Å². The molecule has 6 heteroatoms. The first-order chi connectivity index (χ1) is 7.61. The van der Waals surface area contributed by atoms with E-state index in [0.717, 1.165) is 5.65 Å². The molecular weight excluding hydrogens is 228 g/mol. The monoisotopic (exact) mass is 240 g/mol. The highest BCUT2D eigenvalue weighted by Gasteiger charge is 2.12. The van der Waals surface area contributed by atoms with E-state index >= 15 is 0 Å². The highest BCUT2D eigenvalue weighted by Crippen LogP contribution is 2.19. The summed E-state index contributed by atoms with van der Waals surface area (Å²) in [6, 6.07) is 1.74. The van der Waals surface area contributed by atoms with Crippen LogP contribution in [0.25, 0.3) is 11.2 Å². The minimum atomic E-state index is 0.0529. The van der Waals surface area contributed by atoms with E-state index in [1.54, 1.807) is 19.4 Å². The summed E-state index contributed by atoms with van der Waals surface area (Å²) in [5, 5.41) is 0.553. The summed E-state index contributed by atoms with van der Waals surface area (Å²) in [5.41, 5.74) is 7.25. The molecule has 1 atom stereocenters. The predicted octanol–water partition coefficient (Wildman–Crippen LogP) is 1.70. The minimum Gasteiger partial charge on any atom is -0.380 e. The molecular formula is C10H13ClN4O.